The monoisotopic (exact) mass is 771 g/mol. The van der Waals surface area contributed by atoms with Crippen LogP contribution < -0.4 is 33.2 Å². The van der Waals surface area contributed by atoms with E-state index in [2.05, 4.69) is 24.7 Å². The first-order valence-corrected chi connectivity index (χ1v) is 15.3. The van der Waals surface area contributed by atoms with Crippen LogP contribution in [0.2, 0.25) is 10.0 Å². The van der Waals surface area contributed by atoms with Crippen LogP contribution in [0, 0.1) is 10.1 Å². The van der Waals surface area contributed by atoms with Gasteiger partial charge in [-0.25, -0.2) is 9.59 Å². The first kappa shape index (κ1) is 39.1. The Hall–Kier alpha value is -6.66. The van der Waals surface area contributed by atoms with Crippen molar-refractivity contribution in [2.24, 2.45) is 0 Å². The Bertz CT molecular complexity index is 2020. The largest absolute Gasteiger partial charge is 0.481 e. The number of esters is 1. The van der Waals surface area contributed by atoms with Gasteiger partial charge in [0.25, 0.3) is 5.69 Å². The number of hydrogen-bond acceptors (Lipinski definition) is 16. The molecule has 2 aromatic heterocycles. The Balaban J connectivity index is 0.000000251. The summed E-state index contributed by atoms with van der Waals surface area (Å²) in [6.45, 7) is 0. The van der Waals surface area contributed by atoms with Gasteiger partial charge in [-0.3, -0.25) is 10.1 Å². The van der Waals surface area contributed by atoms with Gasteiger partial charge in [0, 0.05) is 17.2 Å². The zero-order valence-electron chi connectivity index (χ0n) is 28.2. The van der Waals surface area contributed by atoms with Crippen LogP contribution in [-0.2, 0) is 4.74 Å². The molecule has 0 spiro atoms. The van der Waals surface area contributed by atoms with Gasteiger partial charge in [-0.05, 0) is 36.4 Å². The van der Waals surface area contributed by atoms with E-state index in [1.54, 1.807) is 12.1 Å². The summed E-state index contributed by atoms with van der Waals surface area (Å²) in [6.07, 6.45) is 0. The number of carbonyl (C=O) groups is 2. The molecule has 2 heterocycles. The Labute approximate surface area is 309 Å². The first-order chi connectivity index (χ1) is 25.4. The van der Waals surface area contributed by atoms with Crippen molar-refractivity contribution in [1.29, 1.82) is 0 Å². The molecule has 5 rings (SSSR count). The zero-order chi connectivity index (χ0) is 38.7. The molecule has 0 atom stereocenters. The minimum Gasteiger partial charge on any atom is -0.481 e. The molecule has 0 radical (unpaired) electrons. The van der Waals surface area contributed by atoms with Gasteiger partial charge in [0.05, 0.1) is 57.6 Å². The molecule has 3 aromatic carbocycles. The Morgan fingerprint density at radius 2 is 1.19 bits per heavy atom. The van der Waals surface area contributed by atoms with Crippen LogP contribution in [0.15, 0.2) is 66.7 Å². The molecule has 0 fully saturated rings. The summed E-state index contributed by atoms with van der Waals surface area (Å²) in [5, 5.41) is 21.4. The SMILES string of the molecule is COC(=O)c1cc(Oc2ccc(Cl)cc2Cl)ccc1[N+](=O)[O-].COc1cc(OC)nc(Oc2cccc(Oc3nc(OC)cc(OC)n3)c2C(=O)O)n1. The van der Waals surface area contributed by atoms with E-state index in [4.69, 9.17) is 56.4 Å². The molecule has 0 saturated carbocycles. The highest BCUT2D eigenvalue weighted by atomic mass is 35.5. The number of hydrogen-bond donors (Lipinski definition) is 1. The van der Waals surface area contributed by atoms with Gasteiger partial charge in [-0.15, -0.1) is 0 Å². The molecule has 0 amide bonds. The van der Waals surface area contributed by atoms with Crippen LogP contribution in [0.5, 0.6) is 58.5 Å². The molecule has 0 saturated heterocycles. The number of carboxylic acid groups (broad SMARTS) is 1. The summed E-state index contributed by atoms with van der Waals surface area (Å²) in [7, 11) is 6.77. The Morgan fingerprint density at radius 3 is 1.60 bits per heavy atom. The van der Waals surface area contributed by atoms with E-state index < -0.39 is 16.9 Å². The van der Waals surface area contributed by atoms with Crippen molar-refractivity contribution in [3.8, 4) is 58.5 Å². The number of nitro groups is 1. The lowest BCUT2D eigenvalue weighted by atomic mass is 10.1. The fourth-order valence-corrected chi connectivity index (χ4v) is 4.51. The summed E-state index contributed by atoms with van der Waals surface area (Å²) in [5.74, 6) is -1.15. The lowest BCUT2D eigenvalue weighted by Crippen LogP contribution is -2.06. The number of carbonyl (C=O) groups excluding carboxylic acids is 1. The number of halogens is 2. The average molecular weight is 773 g/mol. The molecule has 0 unspecified atom stereocenters. The number of nitrogens with zero attached hydrogens (tertiary/aromatic N) is 5. The van der Waals surface area contributed by atoms with Gasteiger partial charge in [-0.1, -0.05) is 29.3 Å². The van der Waals surface area contributed by atoms with Gasteiger partial charge < -0.3 is 43.0 Å². The van der Waals surface area contributed by atoms with Crippen molar-refractivity contribution >= 4 is 40.8 Å². The highest BCUT2D eigenvalue weighted by Gasteiger charge is 2.23. The molecule has 1 N–H and O–H groups in total. The average Bonchev–Trinajstić information content (AvgIpc) is 3.15. The van der Waals surface area contributed by atoms with Crippen molar-refractivity contribution in [1.82, 2.24) is 19.9 Å². The number of nitro benzene ring substituents is 1. The number of ether oxygens (including phenoxy) is 8. The molecule has 0 aliphatic heterocycles. The molecule has 5 aromatic rings. The fourth-order valence-electron chi connectivity index (χ4n) is 4.06. The van der Waals surface area contributed by atoms with Crippen molar-refractivity contribution < 1.29 is 57.5 Å². The van der Waals surface area contributed by atoms with E-state index in [1.165, 1.54) is 77.0 Å². The molecule has 0 aliphatic carbocycles. The number of benzene rings is 3. The van der Waals surface area contributed by atoms with E-state index in [-0.39, 0.29) is 74.6 Å². The fraction of sp³-hybridized carbons (Fsp3) is 0.152. The second kappa shape index (κ2) is 18.0. The molecular weight excluding hydrogens is 745 g/mol. The second-order valence-corrected chi connectivity index (χ2v) is 10.6. The standard InChI is InChI=1S/C19H18N4O8.C14H9Cl2NO5/c1-26-12-8-13(27-2)21-18(20-12)30-10-6-5-7-11(16(10)17(24)25)31-19-22-14(28-3)9-15(23-19)29-4;1-21-14(18)10-7-9(3-4-12(10)17(19)20)22-13-5-2-8(15)6-11(13)16/h5-9H,1-4H3,(H,24,25);2-7H,1H3. The minimum absolute atomic E-state index is 0.0878. The van der Waals surface area contributed by atoms with Gasteiger partial charge in [-0.2, -0.15) is 19.9 Å². The number of aromatic carboxylic acids is 1. The van der Waals surface area contributed by atoms with E-state index in [1.807, 2.05) is 0 Å². The molecule has 53 heavy (non-hydrogen) atoms. The highest BCUT2D eigenvalue weighted by molar-refractivity contribution is 6.35. The highest BCUT2D eigenvalue weighted by Crippen LogP contribution is 2.36. The number of aromatic nitrogens is 4. The van der Waals surface area contributed by atoms with Crippen molar-refractivity contribution in [2.45, 2.75) is 0 Å². The summed E-state index contributed by atoms with van der Waals surface area (Å²) in [4.78, 5) is 50.0. The third-order valence-corrected chi connectivity index (χ3v) is 6.98. The predicted octanol–water partition coefficient (Wildman–Crippen LogP) is 7.06. The minimum atomic E-state index is -1.32. The topological polar surface area (TPSA) is 223 Å². The molecule has 18 nitrogen and oxygen atoms in total. The molecule has 0 aliphatic rings. The zero-order valence-corrected chi connectivity index (χ0v) is 29.7. The van der Waals surface area contributed by atoms with Crippen molar-refractivity contribution in [2.75, 3.05) is 35.5 Å². The first-order valence-electron chi connectivity index (χ1n) is 14.5. The van der Waals surface area contributed by atoms with Crippen LogP contribution in [-0.4, -0.2) is 77.5 Å². The summed E-state index contributed by atoms with van der Waals surface area (Å²) >= 11 is 11.8. The van der Waals surface area contributed by atoms with Gasteiger partial charge >= 0.3 is 24.0 Å². The maximum atomic E-state index is 12.0. The van der Waals surface area contributed by atoms with Crippen LogP contribution in [0.3, 0.4) is 0 Å². The lowest BCUT2D eigenvalue weighted by molar-refractivity contribution is -0.385. The van der Waals surface area contributed by atoms with Crippen LogP contribution in [0.1, 0.15) is 20.7 Å². The summed E-state index contributed by atoms with van der Waals surface area (Å²) < 4.78 is 41.5. The van der Waals surface area contributed by atoms with E-state index in [0.29, 0.717) is 10.8 Å². The summed E-state index contributed by atoms with van der Waals surface area (Å²) in [5.41, 5.74) is -0.894. The van der Waals surface area contributed by atoms with E-state index >= 15 is 0 Å². The van der Waals surface area contributed by atoms with Crippen molar-refractivity contribution in [3.05, 3.63) is 98.0 Å². The molecule has 276 valence electrons. The third-order valence-electron chi connectivity index (χ3n) is 6.45. The lowest BCUT2D eigenvalue weighted by Gasteiger charge is -2.13. The smallest absolute Gasteiger partial charge is 0.345 e. The Kier molecular flexibility index (Phi) is 13.3. The number of carboxylic acids is 1. The molecule has 20 heteroatoms. The number of rotatable bonds is 13. The van der Waals surface area contributed by atoms with Gasteiger partial charge in [0.1, 0.15) is 34.1 Å². The molecular formula is C33H27Cl2N5O13. The molecule has 0 bridgehead atoms. The van der Waals surface area contributed by atoms with Crippen LogP contribution in [0.25, 0.3) is 0 Å². The van der Waals surface area contributed by atoms with Crippen LogP contribution in [0.4, 0.5) is 5.69 Å². The van der Waals surface area contributed by atoms with Gasteiger partial charge in [0.15, 0.2) is 0 Å². The van der Waals surface area contributed by atoms with Crippen molar-refractivity contribution in [3.63, 3.8) is 0 Å². The maximum Gasteiger partial charge on any atom is 0.345 e. The second-order valence-electron chi connectivity index (χ2n) is 9.71. The third kappa shape index (κ3) is 10.2. The van der Waals surface area contributed by atoms with Crippen LogP contribution >= 0.6 is 23.2 Å². The van der Waals surface area contributed by atoms with E-state index in [9.17, 15) is 24.8 Å². The quantitative estimate of drug-likeness (QED) is 0.0718. The van der Waals surface area contributed by atoms with E-state index in [0.717, 1.165) is 13.2 Å². The maximum absolute atomic E-state index is 12.0. The summed E-state index contributed by atoms with van der Waals surface area (Å²) in [6, 6.07) is 15.2. The normalized spacial score (nSPS) is 10.2. The Morgan fingerprint density at radius 1 is 0.679 bits per heavy atom. The predicted molar refractivity (Wildman–Crippen MR) is 185 cm³/mol. The van der Waals surface area contributed by atoms with Gasteiger partial charge in [0.2, 0.25) is 23.5 Å². The number of methoxy groups -OCH3 is 5.